The minimum Gasteiger partial charge on any atom is -0.385 e. The van der Waals surface area contributed by atoms with Crippen molar-refractivity contribution in [2.75, 3.05) is 0 Å². The van der Waals surface area contributed by atoms with Gasteiger partial charge in [-0.1, -0.05) is 0 Å². The molecule has 64 valence electrons. The maximum atomic E-state index is 9.58. The zero-order valence-corrected chi connectivity index (χ0v) is 7.10. The van der Waals surface area contributed by atoms with Crippen LogP contribution in [0.2, 0.25) is 0 Å². The van der Waals surface area contributed by atoms with Gasteiger partial charge in [0.25, 0.3) is 0 Å². The smallest absolute Gasteiger partial charge is 0.111 e. The van der Waals surface area contributed by atoms with Crippen molar-refractivity contribution < 1.29 is 5.11 Å². The van der Waals surface area contributed by atoms with Crippen LogP contribution in [0.5, 0.6) is 0 Å². The minimum atomic E-state index is -0.748. The minimum absolute atomic E-state index is 0.402. The Kier molecular flexibility index (Phi) is 2.46. The topological polar surface area (TPSA) is 61.8 Å². The highest BCUT2D eigenvalue weighted by molar-refractivity contribution is 5.07. The Balaban J connectivity index is 2.86. The van der Waals surface area contributed by atoms with Crippen LogP contribution in [-0.4, -0.2) is 14.9 Å². The fourth-order valence-electron chi connectivity index (χ4n) is 1.00. The lowest BCUT2D eigenvalue weighted by Gasteiger charge is -2.11. The zero-order chi connectivity index (χ0) is 9.14. The van der Waals surface area contributed by atoms with E-state index < -0.39 is 12.0 Å². The lowest BCUT2D eigenvalue weighted by molar-refractivity contribution is 0.133. The molecule has 1 aromatic heterocycles. The van der Waals surface area contributed by atoms with Crippen LogP contribution in [0.4, 0.5) is 0 Å². The van der Waals surface area contributed by atoms with E-state index in [0.29, 0.717) is 5.69 Å². The van der Waals surface area contributed by atoms with Gasteiger partial charge in [0.2, 0.25) is 0 Å². The second-order valence-electron chi connectivity index (χ2n) is 2.74. The Labute approximate surface area is 71.1 Å². The van der Waals surface area contributed by atoms with Gasteiger partial charge in [-0.25, -0.2) is 0 Å². The number of aliphatic hydroxyl groups excluding tert-OH is 1. The van der Waals surface area contributed by atoms with Gasteiger partial charge in [-0.3, -0.25) is 4.68 Å². The molecule has 4 heteroatoms. The molecule has 2 atom stereocenters. The lowest BCUT2D eigenvalue weighted by Crippen LogP contribution is -2.11. The van der Waals surface area contributed by atoms with Crippen molar-refractivity contribution in [2.45, 2.75) is 13.0 Å². The number of aliphatic hydroxyl groups is 1. The molecule has 0 aromatic carbocycles. The summed E-state index contributed by atoms with van der Waals surface area (Å²) in [7, 11) is 1.74. The van der Waals surface area contributed by atoms with Gasteiger partial charge < -0.3 is 5.11 Å². The first kappa shape index (κ1) is 8.75. The van der Waals surface area contributed by atoms with E-state index in [1.54, 1.807) is 30.9 Å². The van der Waals surface area contributed by atoms with Gasteiger partial charge in [-0.05, 0) is 13.0 Å². The molecule has 0 saturated heterocycles. The monoisotopic (exact) mass is 165 g/mol. The molecule has 0 bridgehead atoms. The Morgan fingerprint density at radius 3 is 2.83 bits per heavy atom. The van der Waals surface area contributed by atoms with Crippen LogP contribution in [0, 0.1) is 17.2 Å². The van der Waals surface area contributed by atoms with Crippen LogP contribution in [0.15, 0.2) is 12.3 Å². The van der Waals surface area contributed by atoms with Crippen molar-refractivity contribution in [1.29, 1.82) is 5.26 Å². The molecule has 0 saturated carbocycles. The maximum absolute atomic E-state index is 9.58. The largest absolute Gasteiger partial charge is 0.385 e. The highest BCUT2D eigenvalue weighted by Gasteiger charge is 2.18. The number of nitriles is 1. The van der Waals surface area contributed by atoms with Gasteiger partial charge in [0, 0.05) is 13.2 Å². The predicted octanol–water partition coefficient (Wildman–Crippen LogP) is 0.613. The highest BCUT2D eigenvalue weighted by atomic mass is 16.3. The Morgan fingerprint density at radius 1 is 1.75 bits per heavy atom. The van der Waals surface area contributed by atoms with Crippen LogP contribution in [0.3, 0.4) is 0 Å². The summed E-state index contributed by atoms with van der Waals surface area (Å²) in [4.78, 5) is 0. The van der Waals surface area contributed by atoms with Crippen molar-refractivity contribution >= 4 is 0 Å². The van der Waals surface area contributed by atoms with Gasteiger partial charge in [-0.2, -0.15) is 10.4 Å². The molecule has 0 aliphatic rings. The van der Waals surface area contributed by atoms with Gasteiger partial charge >= 0.3 is 0 Å². The fourth-order valence-corrected chi connectivity index (χ4v) is 1.00. The number of hydrogen-bond donors (Lipinski definition) is 1. The molecule has 1 N–H and O–H groups in total. The van der Waals surface area contributed by atoms with E-state index in [2.05, 4.69) is 5.10 Å². The standard InChI is InChI=1S/C8H11N3O/c1-6(5-9)8(12)7-3-4-10-11(7)2/h3-4,6,8,12H,1-2H3. The Morgan fingerprint density at radius 2 is 2.42 bits per heavy atom. The second kappa shape index (κ2) is 3.37. The summed E-state index contributed by atoms with van der Waals surface area (Å²) in [6.07, 6.45) is 0.852. The molecule has 0 amide bonds. The highest BCUT2D eigenvalue weighted by Crippen LogP contribution is 2.19. The summed E-state index contributed by atoms with van der Waals surface area (Å²) >= 11 is 0. The molecule has 0 aliphatic carbocycles. The van der Waals surface area contributed by atoms with E-state index in [0.717, 1.165) is 0 Å². The molecule has 4 nitrogen and oxygen atoms in total. The molecule has 1 rings (SSSR count). The molecule has 0 fully saturated rings. The van der Waals surface area contributed by atoms with Crippen molar-refractivity contribution in [3.05, 3.63) is 18.0 Å². The van der Waals surface area contributed by atoms with Crippen molar-refractivity contribution in [1.82, 2.24) is 9.78 Å². The summed E-state index contributed by atoms with van der Waals surface area (Å²) in [5, 5.41) is 22.0. The van der Waals surface area contributed by atoms with Gasteiger partial charge in [-0.15, -0.1) is 0 Å². The number of nitrogens with zero attached hydrogens (tertiary/aromatic N) is 3. The molecule has 0 aliphatic heterocycles. The second-order valence-corrected chi connectivity index (χ2v) is 2.74. The molecular weight excluding hydrogens is 154 g/mol. The Bertz CT molecular complexity index is 299. The number of aryl methyl sites for hydroxylation is 1. The van der Waals surface area contributed by atoms with Gasteiger partial charge in [0.05, 0.1) is 17.7 Å². The quantitative estimate of drug-likeness (QED) is 0.698. The molecule has 0 radical (unpaired) electrons. The van der Waals surface area contributed by atoms with E-state index >= 15 is 0 Å². The van der Waals surface area contributed by atoms with E-state index in [9.17, 15) is 5.11 Å². The number of aromatic nitrogens is 2. The predicted molar refractivity (Wildman–Crippen MR) is 42.9 cm³/mol. The zero-order valence-electron chi connectivity index (χ0n) is 7.10. The van der Waals surface area contributed by atoms with Crippen LogP contribution >= 0.6 is 0 Å². The average molecular weight is 165 g/mol. The van der Waals surface area contributed by atoms with Crippen LogP contribution in [-0.2, 0) is 7.05 Å². The van der Waals surface area contributed by atoms with Crippen molar-refractivity contribution in [2.24, 2.45) is 13.0 Å². The first-order valence-corrected chi connectivity index (χ1v) is 3.72. The summed E-state index contributed by atoms with van der Waals surface area (Å²) in [6.45, 7) is 1.68. The van der Waals surface area contributed by atoms with Gasteiger partial charge in [0.15, 0.2) is 0 Å². The first-order valence-electron chi connectivity index (χ1n) is 3.72. The van der Waals surface area contributed by atoms with Crippen LogP contribution < -0.4 is 0 Å². The number of rotatable bonds is 2. The van der Waals surface area contributed by atoms with E-state index in [1.165, 1.54) is 0 Å². The van der Waals surface area contributed by atoms with E-state index in [1.807, 2.05) is 6.07 Å². The lowest BCUT2D eigenvalue weighted by atomic mass is 10.0. The maximum Gasteiger partial charge on any atom is 0.111 e. The van der Waals surface area contributed by atoms with Crippen molar-refractivity contribution in [3.63, 3.8) is 0 Å². The van der Waals surface area contributed by atoms with Gasteiger partial charge in [0.1, 0.15) is 6.10 Å². The van der Waals surface area contributed by atoms with E-state index in [4.69, 9.17) is 5.26 Å². The summed E-state index contributed by atoms with van der Waals surface area (Å²) in [6, 6.07) is 3.70. The number of hydrogen-bond acceptors (Lipinski definition) is 3. The van der Waals surface area contributed by atoms with Crippen molar-refractivity contribution in [3.8, 4) is 6.07 Å². The third kappa shape index (κ3) is 1.46. The molecule has 0 spiro atoms. The first-order chi connectivity index (χ1) is 5.66. The normalized spacial score (nSPS) is 15.2. The Hall–Kier alpha value is -1.34. The molecule has 1 aromatic rings. The summed E-state index contributed by atoms with van der Waals surface area (Å²) in [5.41, 5.74) is 0.670. The third-order valence-electron chi connectivity index (χ3n) is 1.84. The molecule has 12 heavy (non-hydrogen) atoms. The molecular formula is C8H11N3O. The van der Waals surface area contributed by atoms with Crippen LogP contribution in [0.25, 0.3) is 0 Å². The molecule has 2 unspecified atom stereocenters. The van der Waals surface area contributed by atoms with E-state index in [-0.39, 0.29) is 0 Å². The average Bonchev–Trinajstić information content (AvgIpc) is 2.48. The molecule has 1 heterocycles. The summed E-state index contributed by atoms with van der Waals surface area (Å²) < 4.78 is 1.57. The fraction of sp³-hybridized carbons (Fsp3) is 0.500. The third-order valence-corrected chi connectivity index (χ3v) is 1.84. The summed E-state index contributed by atoms with van der Waals surface area (Å²) in [5.74, 6) is -0.402. The SMILES string of the molecule is CC(C#N)C(O)c1ccnn1C. The van der Waals surface area contributed by atoms with Crippen LogP contribution in [0.1, 0.15) is 18.7 Å².